The number of hydrogen-bond donors (Lipinski definition) is 2. The van der Waals surface area contributed by atoms with Crippen LogP contribution in [-0.4, -0.2) is 30.2 Å². The Labute approximate surface area is 176 Å². The summed E-state index contributed by atoms with van der Waals surface area (Å²) in [6.45, 7) is 6.01. The fourth-order valence-corrected chi connectivity index (χ4v) is 4.17. The summed E-state index contributed by atoms with van der Waals surface area (Å²) in [5.74, 6) is 0. The molecule has 0 radical (unpaired) electrons. The molecule has 1 aromatic heterocycles. The summed E-state index contributed by atoms with van der Waals surface area (Å²) >= 11 is 0. The smallest absolute Gasteiger partial charge is 0.407 e. The predicted octanol–water partition coefficient (Wildman–Crippen LogP) is 4.55. The summed E-state index contributed by atoms with van der Waals surface area (Å²) in [7, 11) is 0. The first-order chi connectivity index (χ1) is 14.6. The molecule has 1 aliphatic heterocycles. The third-order valence-electron chi connectivity index (χ3n) is 5.85. The molecule has 2 heterocycles. The minimum atomic E-state index is -0.385. The number of carbonyl (C=O) groups excluding carboxylic acids is 1. The van der Waals surface area contributed by atoms with Crippen LogP contribution < -0.4 is 10.2 Å². The first-order valence-corrected chi connectivity index (χ1v) is 10.3. The summed E-state index contributed by atoms with van der Waals surface area (Å²) in [4.78, 5) is 18.0. The lowest BCUT2D eigenvalue weighted by atomic mass is 10.0. The Morgan fingerprint density at radius 2 is 2.07 bits per heavy atom. The van der Waals surface area contributed by atoms with E-state index in [1.807, 2.05) is 49.4 Å². The van der Waals surface area contributed by atoms with Crippen LogP contribution in [0.1, 0.15) is 35.2 Å². The van der Waals surface area contributed by atoms with Gasteiger partial charge in [0.1, 0.15) is 12.7 Å². The highest BCUT2D eigenvalue weighted by atomic mass is 16.5. The van der Waals surface area contributed by atoms with Crippen molar-refractivity contribution in [2.75, 3.05) is 18.0 Å². The van der Waals surface area contributed by atoms with Gasteiger partial charge in [0.2, 0.25) is 0 Å². The molecule has 1 aliphatic rings. The van der Waals surface area contributed by atoms with Gasteiger partial charge >= 0.3 is 6.09 Å². The Morgan fingerprint density at radius 1 is 1.27 bits per heavy atom. The summed E-state index contributed by atoms with van der Waals surface area (Å²) in [6, 6.07) is 15.9. The zero-order chi connectivity index (χ0) is 21.1. The molecule has 6 heteroatoms. The zero-order valence-corrected chi connectivity index (χ0v) is 17.4. The normalized spacial score (nSPS) is 16.3. The fourth-order valence-electron chi connectivity index (χ4n) is 4.17. The Balaban J connectivity index is 1.47. The highest BCUT2D eigenvalue weighted by Gasteiger charge is 2.25. The van der Waals surface area contributed by atoms with Gasteiger partial charge in [-0.15, -0.1) is 0 Å². The van der Waals surface area contributed by atoms with Crippen molar-refractivity contribution in [3.63, 3.8) is 0 Å². The number of aromatic nitrogens is 1. The molecule has 1 fully saturated rings. The molecular formula is C24H26N4O2. The van der Waals surface area contributed by atoms with Crippen LogP contribution in [0, 0.1) is 25.2 Å². The van der Waals surface area contributed by atoms with Crippen LogP contribution in [0.3, 0.4) is 0 Å². The van der Waals surface area contributed by atoms with Crippen molar-refractivity contribution in [3.8, 4) is 6.07 Å². The molecule has 2 aromatic carbocycles. The standard InChI is InChI=1S/C24H26N4O2/c1-16-17(2)26-23-19(13-25)10-11-21(22(16)23)28-12-6-9-20(14-28)27-24(29)30-15-18-7-4-3-5-8-18/h3-5,7-8,10-11,20,26H,6,9,12,14-15H2,1-2H3,(H,27,29)/t20-/m0/s1. The van der Waals surface area contributed by atoms with Crippen molar-refractivity contribution in [3.05, 3.63) is 64.8 Å². The average Bonchev–Trinajstić information content (AvgIpc) is 3.07. The van der Waals surface area contributed by atoms with E-state index in [1.54, 1.807) is 0 Å². The number of carbonyl (C=O) groups is 1. The number of rotatable bonds is 4. The maximum absolute atomic E-state index is 12.3. The quantitative estimate of drug-likeness (QED) is 0.671. The predicted molar refractivity (Wildman–Crippen MR) is 117 cm³/mol. The number of amides is 1. The first kappa shape index (κ1) is 19.8. The second kappa shape index (κ2) is 8.50. The zero-order valence-electron chi connectivity index (χ0n) is 17.4. The lowest BCUT2D eigenvalue weighted by Gasteiger charge is -2.35. The van der Waals surface area contributed by atoms with Crippen LogP contribution in [0.15, 0.2) is 42.5 Å². The van der Waals surface area contributed by atoms with E-state index >= 15 is 0 Å². The minimum absolute atomic E-state index is 0.0214. The fraction of sp³-hybridized carbons (Fsp3) is 0.333. The van der Waals surface area contributed by atoms with E-state index in [0.29, 0.717) is 12.1 Å². The maximum atomic E-state index is 12.3. The van der Waals surface area contributed by atoms with Crippen molar-refractivity contribution in [1.82, 2.24) is 10.3 Å². The number of nitrogens with zero attached hydrogens (tertiary/aromatic N) is 2. The Hall–Kier alpha value is -3.46. The molecule has 0 saturated carbocycles. The molecule has 0 aliphatic carbocycles. The van der Waals surface area contributed by atoms with Gasteiger partial charge in [0, 0.05) is 35.9 Å². The van der Waals surface area contributed by atoms with Crippen LogP contribution in [0.5, 0.6) is 0 Å². The molecular weight excluding hydrogens is 376 g/mol. The number of hydrogen-bond acceptors (Lipinski definition) is 4. The molecule has 1 saturated heterocycles. The van der Waals surface area contributed by atoms with E-state index < -0.39 is 0 Å². The lowest BCUT2D eigenvalue weighted by Crippen LogP contribution is -2.48. The van der Waals surface area contributed by atoms with Crippen molar-refractivity contribution < 1.29 is 9.53 Å². The lowest BCUT2D eigenvalue weighted by molar-refractivity contribution is 0.134. The van der Waals surface area contributed by atoms with E-state index in [4.69, 9.17) is 4.74 Å². The minimum Gasteiger partial charge on any atom is -0.445 e. The molecule has 0 bridgehead atoms. The van der Waals surface area contributed by atoms with Crippen LogP contribution in [-0.2, 0) is 11.3 Å². The highest BCUT2D eigenvalue weighted by molar-refractivity contribution is 5.99. The SMILES string of the molecule is Cc1[nH]c2c(C#N)ccc(N3CCC[C@H](NC(=O)OCc4ccccc4)C3)c2c1C. The molecule has 0 unspecified atom stereocenters. The van der Waals surface area contributed by atoms with E-state index in [1.165, 1.54) is 0 Å². The average molecular weight is 402 g/mol. The summed E-state index contributed by atoms with van der Waals surface area (Å²) in [5.41, 5.74) is 5.86. The van der Waals surface area contributed by atoms with Crippen molar-refractivity contribution in [1.29, 1.82) is 5.26 Å². The van der Waals surface area contributed by atoms with Gasteiger partial charge in [-0.1, -0.05) is 30.3 Å². The molecule has 0 spiro atoms. The molecule has 1 amide bonds. The number of ether oxygens (including phenoxy) is 1. The van der Waals surface area contributed by atoms with Gasteiger partial charge in [0.05, 0.1) is 11.1 Å². The summed E-state index contributed by atoms with van der Waals surface area (Å²) in [5, 5.41) is 13.6. The number of benzene rings is 2. The van der Waals surface area contributed by atoms with Crippen molar-refractivity contribution in [2.45, 2.75) is 39.3 Å². The molecule has 2 N–H and O–H groups in total. The molecule has 4 rings (SSSR count). The Kier molecular flexibility index (Phi) is 5.62. The summed E-state index contributed by atoms with van der Waals surface area (Å²) in [6.07, 6.45) is 1.51. The second-order valence-electron chi connectivity index (χ2n) is 7.86. The Morgan fingerprint density at radius 3 is 2.83 bits per heavy atom. The van der Waals surface area contributed by atoms with Gasteiger partial charge in [-0.3, -0.25) is 0 Å². The van der Waals surface area contributed by atoms with Crippen LogP contribution in [0.25, 0.3) is 10.9 Å². The van der Waals surface area contributed by atoms with Gasteiger partial charge < -0.3 is 19.9 Å². The number of alkyl carbamates (subject to hydrolysis) is 1. The molecule has 154 valence electrons. The number of aryl methyl sites for hydroxylation is 2. The van der Waals surface area contributed by atoms with E-state index in [-0.39, 0.29) is 18.7 Å². The van der Waals surface area contributed by atoms with Crippen LogP contribution in [0.4, 0.5) is 10.5 Å². The van der Waals surface area contributed by atoms with Gasteiger partial charge in [-0.25, -0.2) is 4.79 Å². The molecule has 6 nitrogen and oxygen atoms in total. The maximum Gasteiger partial charge on any atom is 0.407 e. The van der Waals surface area contributed by atoms with Crippen molar-refractivity contribution >= 4 is 22.7 Å². The number of H-pyrrole nitrogens is 1. The van der Waals surface area contributed by atoms with Gasteiger partial charge in [0.25, 0.3) is 0 Å². The van der Waals surface area contributed by atoms with Gasteiger partial charge in [-0.2, -0.15) is 5.26 Å². The largest absolute Gasteiger partial charge is 0.445 e. The third-order valence-corrected chi connectivity index (χ3v) is 5.85. The number of nitriles is 1. The number of piperidine rings is 1. The highest BCUT2D eigenvalue weighted by Crippen LogP contribution is 2.34. The second-order valence-corrected chi connectivity index (χ2v) is 7.86. The van der Waals surface area contributed by atoms with E-state index in [9.17, 15) is 10.1 Å². The number of aromatic amines is 1. The number of fused-ring (bicyclic) bond motifs is 1. The van der Waals surface area contributed by atoms with Gasteiger partial charge in [0.15, 0.2) is 0 Å². The van der Waals surface area contributed by atoms with E-state index in [2.05, 4.69) is 28.2 Å². The van der Waals surface area contributed by atoms with E-state index in [0.717, 1.165) is 52.8 Å². The number of nitrogens with one attached hydrogen (secondary N) is 2. The molecule has 3 aromatic rings. The molecule has 30 heavy (non-hydrogen) atoms. The first-order valence-electron chi connectivity index (χ1n) is 10.3. The monoisotopic (exact) mass is 402 g/mol. The van der Waals surface area contributed by atoms with Crippen molar-refractivity contribution in [2.24, 2.45) is 0 Å². The Bertz CT molecular complexity index is 1100. The third kappa shape index (κ3) is 3.97. The van der Waals surface area contributed by atoms with Gasteiger partial charge in [-0.05, 0) is 49.9 Å². The topological polar surface area (TPSA) is 81.2 Å². The van der Waals surface area contributed by atoms with Crippen LogP contribution in [0.2, 0.25) is 0 Å². The number of anilines is 1. The van der Waals surface area contributed by atoms with Crippen LogP contribution >= 0.6 is 0 Å². The summed E-state index contributed by atoms with van der Waals surface area (Å²) < 4.78 is 5.39. The molecule has 1 atom stereocenters.